The van der Waals surface area contributed by atoms with Crippen molar-refractivity contribution in [1.29, 1.82) is 0 Å². The predicted octanol–water partition coefficient (Wildman–Crippen LogP) is 5.30. The second kappa shape index (κ2) is 8.48. The molecule has 7 heteroatoms. The summed E-state index contributed by atoms with van der Waals surface area (Å²) < 4.78 is 42.7. The first kappa shape index (κ1) is 21.9. The molecule has 172 valence electrons. The molecule has 0 aromatic heterocycles. The molecule has 1 heterocycles. The van der Waals surface area contributed by atoms with E-state index in [2.05, 4.69) is 5.32 Å². The van der Waals surface area contributed by atoms with E-state index in [1.54, 1.807) is 36.1 Å². The van der Waals surface area contributed by atoms with Gasteiger partial charge in [0, 0.05) is 29.3 Å². The Bertz CT molecular complexity index is 1350. The van der Waals surface area contributed by atoms with Crippen LogP contribution in [0, 0.1) is 23.4 Å². The van der Waals surface area contributed by atoms with Crippen molar-refractivity contribution in [3.05, 3.63) is 107 Å². The van der Waals surface area contributed by atoms with Gasteiger partial charge in [-0.15, -0.1) is 0 Å². The van der Waals surface area contributed by atoms with E-state index in [0.29, 0.717) is 34.5 Å². The highest BCUT2D eigenvalue weighted by Crippen LogP contribution is 2.40. The lowest BCUT2D eigenvalue weighted by Gasteiger charge is -2.34. The number of nitrogens with one attached hydrogen (secondary N) is 1. The van der Waals surface area contributed by atoms with Gasteiger partial charge in [0.1, 0.15) is 23.2 Å². The van der Waals surface area contributed by atoms with E-state index in [-0.39, 0.29) is 17.9 Å². The first-order chi connectivity index (χ1) is 16.3. The summed E-state index contributed by atoms with van der Waals surface area (Å²) in [7, 11) is 0. The van der Waals surface area contributed by atoms with E-state index < -0.39 is 35.3 Å². The minimum atomic E-state index is -0.711. The number of nitrogens with zero attached hydrogens (tertiary/aromatic N) is 1. The summed E-state index contributed by atoms with van der Waals surface area (Å²) in [5.74, 6) is -2.37. The fourth-order valence-electron chi connectivity index (χ4n) is 4.57. The third kappa shape index (κ3) is 3.98. The summed E-state index contributed by atoms with van der Waals surface area (Å²) in [6.45, 7) is 1.84. The number of amides is 1. The molecule has 1 aliphatic heterocycles. The molecule has 34 heavy (non-hydrogen) atoms. The van der Waals surface area contributed by atoms with Crippen molar-refractivity contribution in [2.75, 3.05) is 4.90 Å². The van der Waals surface area contributed by atoms with Gasteiger partial charge in [-0.05, 0) is 54.4 Å². The molecule has 1 amide bonds. The monoisotopic (exact) mass is 462 g/mol. The molecule has 0 spiro atoms. The Hall–Kier alpha value is -3.87. The summed E-state index contributed by atoms with van der Waals surface area (Å²) in [6.07, 6.45) is 0.292. The molecule has 2 aliphatic rings. The molecule has 0 saturated heterocycles. The maximum absolute atomic E-state index is 14.8. The maximum atomic E-state index is 14.8. The Morgan fingerprint density at radius 1 is 1.00 bits per heavy atom. The van der Waals surface area contributed by atoms with Crippen molar-refractivity contribution in [2.24, 2.45) is 5.92 Å². The Morgan fingerprint density at radius 3 is 2.35 bits per heavy atom. The average Bonchev–Trinajstić information content (AvgIpc) is 3.53. The van der Waals surface area contributed by atoms with E-state index in [9.17, 15) is 22.8 Å². The lowest BCUT2D eigenvalue weighted by molar-refractivity contribution is -0.116. The van der Waals surface area contributed by atoms with Gasteiger partial charge in [0.25, 0.3) is 5.91 Å². The van der Waals surface area contributed by atoms with Crippen LogP contribution in [0.5, 0.6) is 0 Å². The normalized spacial score (nSPS) is 17.9. The molecule has 1 unspecified atom stereocenters. The summed E-state index contributed by atoms with van der Waals surface area (Å²) in [4.78, 5) is 27.3. The van der Waals surface area contributed by atoms with Gasteiger partial charge in [0.2, 0.25) is 0 Å². The molecule has 3 aromatic carbocycles. The molecule has 3 aromatic rings. The largest absolute Gasteiger partial charge is 0.344 e. The number of allylic oxidation sites excluding steroid dienone is 1. The Morgan fingerprint density at radius 2 is 1.68 bits per heavy atom. The van der Waals surface area contributed by atoms with Crippen molar-refractivity contribution >= 4 is 23.0 Å². The summed E-state index contributed by atoms with van der Waals surface area (Å²) >= 11 is 0. The lowest BCUT2D eigenvalue weighted by atomic mass is 9.91. The van der Waals surface area contributed by atoms with Crippen LogP contribution in [0.15, 0.2) is 72.4 Å². The number of benzene rings is 3. The van der Waals surface area contributed by atoms with Gasteiger partial charge >= 0.3 is 0 Å². The van der Waals surface area contributed by atoms with Crippen molar-refractivity contribution in [3.63, 3.8) is 0 Å². The topological polar surface area (TPSA) is 49.4 Å². The smallest absolute Gasteiger partial charge is 0.254 e. The summed E-state index contributed by atoms with van der Waals surface area (Å²) in [5, 5.41) is 2.89. The molecule has 5 rings (SSSR count). The zero-order valence-corrected chi connectivity index (χ0v) is 18.3. The highest BCUT2D eigenvalue weighted by molar-refractivity contribution is 6.22. The first-order valence-corrected chi connectivity index (χ1v) is 10.9. The van der Waals surface area contributed by atoms with Gasteiger partial charge < -0.3 is 10.2 Å². The van der Waals surface area contributed by atoms with Crippen molar-refractivity contribution in [1.82, 2.24) is 5.32 Å². The van der Waals surface area contributed by atoms with E-state index in [4.69, 9.17) is 0 Å². The third-order valence-corrected chi connectivity index (χ3v) is 6.39. The van der Waals surface area contributed by atoms with Crippen molar-refractivity contribution < 1.29 is 22.8 Å². The average molecular weight is 462 g/mol. The van der Waals surface area contributed by atoms with Gasteiger partial charge in [0.05, 0.1) is 18.2 Å². The zero-order chi connectivity index (χ0) is 24.0. The number of rotatable bonds is 5. The van der Waals surface area contributed by atoms with Crippen LogP contribution in [0.4, 0.5) is 18.9 Å². The Kier molecular flexibility index (Phi) is 5.48. The van der Waals surface area contributed by atoms with Crippen molar-refractivity contribution in [3.8, 4) is 0 Å². The van der Waals surface area contributed by atoms with E-state index in [1.165, 1.54) is 42.5 Å². The molecule has 0 radical (unpaired) electrons. The van der Waals surface area contributed by atoms with Crippen LogP contribution < -0.4 is 10.2 Å². The molecule has 1 saturated carbocycles. The summed E-state index contributed by atoms with van der Waals surface area (Å²) in [5.41, 5.74) is 2.45. The SMILES string of the molecule is CC1=C(C(=O)N[C@H](c2cccc(F)c2)C2CC2=O)c2cccc(F)c2CN1c1cccc(F)c1. The molecular weight excluding hydrogens is 441 g/mol. The van der Waals surface area contributed by atoms with Gasteiger partial charge in [0.15, 0.2) is 0 Å². The van der Waals surface area contributed by atoms with E-state index >= 15 is 0 Å². The lowest BCUT2D eigenvalue weighted by Crippen LogP contribution is -2.36. The predicted molar refractivity (Wildman–Crippen MR) is 122 cm³/mol. The molecule has 1 aliphatic carbocycles. The minimum absolute atomic E-state index is 0.0169. The number of carbonyl (C=O) groups excluding carboxylic acids is 2. The Labute approximate surface area is 194 Å². The number of anilines is 1. The van der Waals surface area contributed by atoms with Gasteiger partial charge in [-0.3, -0.25) is 9.59 Å². The number of fused-ring (bicyclic) bond motifs is 1. The Balaban J connectivity index is 1.58. The van der Waals surface area contributed by atoms with Gasteiger partial charge in [-0.25, -0.2) is 13.2 Å². The molecule has 0 bridgehead atoms. The second-order valence-electron chi connectivity index (χ2n) is 8.58. The van der Waals surface area contributed by atoms with Crippen LogP contribution in [0.3, 0.4) is 0 Å². The summed E-state index contributed by atoms with van der Waals surface area (Å²) in [6, 6.07) is 15.4. The number of Topliss-reactive ketones (excluding diaryl/α,β-unsaturated/α-hetero) is 1. The van der Waals surface area contributed by atoms with Crippen molar-refractivity contribution in [2.45, 2.75) is 25.9 Å². The van der Waals surface area contributed by atoms with E-state index in [0.717, 1.165) is 0 Å². The number of hydrogen-bond acceptors (Lipinski definition) is 3. The van der Waals surface area contributed by atoms with Crippen LogP contribution in [0.25, 0.3) is 5.57 Å². The molecule has 1 N–H and O–H groups in total. The van der Waals surface area contributed by atoms with Crippen LogP contribution in [0.1, 0.15) is 36.1 Å². The molecular formula is C27H21F3N2O2. The fourth-order valence-corrected chi connectivity index (χ4v) is 4.57. The maximum Gasteiger partial charge on any atom is 0.254 e. The fraction of sp³-hybridized carbons (Fsp3) is 0.185. The highest BCUT2D eigenvalue weighted by atomic mass is 19.1. The quantitative estimate of drug-likeness (QED) is 0.560. The van der Waals surface area contributed by atoms with E-state index in [1.807, 2.05) is 0 Å². The molecule has 2 atom stereocenters. The third-order valence-electron chi connectivity index (χ3n) is 6.39. The number of halogens is 3. The molecule has 1 fully saturated rings. The second-order valence-corrected chi connectivity index (χ2v) is 8.58. The number of ketones is 1. The molecule has 4 nitrogen and oxygen atoms in total. The number of carbonyl (C=O) groups is 2. The van der Waals surface area contributed by atoms with Crippen LogP contribution in [-0.4, -0.2) is 11.7 Å². The standard InChI is InChI=1S/C27H21F3N2O2/c1-15-25(27(34)31-26(21-13-24(21)33)16-5-2-6-17(28)11-16)20-9-4-10-23(30)22(20)14-32(15)19-8-3-7-18(29)12-19/h2-12,21,26H,13-14H2,1H3,(H,31,34)/t21?,26-/m1/s1. The first-order valence-electron chi connectivity index (χ1n) is 10.9. The van der Waals surface area contributed by atoms with Gasteiger partial charge in [-0.2, -0.15) is 0 Å². The minimum Gasteiger partial charge on any atom is -0.344 e. The van der Waals surface area contributed by atoms with Crippen LogP contribution >= 0.6 is 0 Å². The highest BCUT2D eigenvalue weighted by Gasteiger charge is 2.44. The zero-order valence-electron chi connectivity index (χ0n) is 18.3. The van der Waals surface area contributed by atoms with Crippen LogP contribution in [-0.2, 0) is 16.1 Å². The van der Waals surface area contributed by atoms with Crippen LogP contribution in [0.2, 0.25) is 0 Å². The van der Waals surface area contributed by atoms with Gasteiger partial charge in [-0.1, -0.05) is 30.3 Å². The number of hydrogen-bond donors (Lipinski definition) is 1.